The van der Waals surface area contributed by atoms with E-state index in [-0.39, 0.29) is 0 Å². The topological polar surface area (TPSA) is 15.6 Å². The Labute approximate surface area is 104 Å². The molecule has 1 heterocycles. The number of benzene rings is 1. The third kappa shape index (κ3) is 3.32. The second-order valence-corrected chi connectivity index (χ2v) is 4.62. The molecule has 92 valence electrons. The third-order valence-corrected chi connectivity index (χ3v) is 3.24. The Morgan fingerprint density at radius 3 is 2.71 bits per heavy atom. The molecule has 1 aromatic carbocycles. The number of rotatable bonds is 6. The number of hydrogen-bond donors (Lipinski definition) is 0. The Morgan fingerprint density at radius 2 is 1.94 bits per heavy atom. The first kappa shape index (κ1) is 12.2. The van der Waals surface area contributed by atoms with Crippen LogP contribution in [0.15, 0.2) is 35.3 Å². The van der Waals surface area contributed by atoms with E-state index < -0.39 is 0 Å². The molecule has 2 rings (SSSR count). The molecule has 2 heteroatoms. The van der Waals surface area contributed by atoms with Gasteiger partial charge in [0.25, 0.3) is 0 Å². The van der Waals surface area contributed by atoms with Crippen molar-refractivity contribution in [1.82, 2.24) is 4.90 Å². The zero-order valence-electron chi connectivity index (χ0n) is 10.7. The maximum absolute atomic E-state index is 4.63. The van der Waals surface area contributed by atoms with Gasteiger partial charge in [-0.2, -0.15) is 0 Å². The van der Waals surface area contributed by atoms with Gasteiger partial charge >= 0.3 is 0 Å². The predicted octanol–water partition coefficient (Wildman–Crippen LogP) is 3.33. The molecule has 2 nitrogen and oxygen atoms in total. The van der Waals surface area contributed by atoms with Crippen LogP contribution in [-0.2, 0) is 0 Å². The van der Waals surface area contributed by atoms with Gasteiger partial charge in [-0.05, 0) is 6.42 Å². The van der Waals surface area contributed by atoms with E-state index in [9.17, 15) is 0 Å². The largest absolute Gasteiger partial charge is 0.355 e. The first-order chi connectivity index (χ1) is 8.42. The van der Waals surface area contributed by atoms with Crippen molar-refractivity contribution in [2.45, 2.75) is 32.6 Å². The molecule has 0 saturated heterocycles. The van der Waals surface area contributed by atoms with Crippen LogP contribution in [0.25, 0.3) is 0 Å². The molecule has 0 atom stereocenters. The molecule has 0 N–H and O–H groups in total. The van der Waals surface area contributed by atoms with Gasteiger partial charge < -0.3 is 4.90 Å². The van der Waals surface area contributed by atoms with Gasteiger partial charge in [-0.15, -0.1) is 0 Å². The minimum absolute atomic E-state index is 0.956. The lowest BCUT2D eigenvalue weighted by Crippen LogP contribution is -2.29. The highest BCUT2D eigenvalue weighted by Gasteiger charge is 2.17. The lowest BCUT2D eigenvalue weighted by atomic mass is 10.1. The summed E-state index contributed by atoms with van der Waals surface area (Å²) >= 11 is 0. The van der Waals surface area contributed by atoms with Gasteiger partial charge in [0.1, 0.15) is 5.84 Å². The van der Waals surface area contributed by atoms with E-state index in [1.807, 2.05) is 0 Å². The third-order valence-electron chi connectivity index (χ3n) is 3.24. The van der Waals surface area contributed by atoms with Crippen LogP contribution >= 0.6 is 0 Å². The summed E-state index contributed by atoms with van der Waals surface area (Å²) in [6.45, 7) is 5.47. The highest BCUT2D eigenvalue weighted by molar-refractivity contribution is 5.99. The molecule has 0 spiro atoms. The van der Waals surface area contributed by atoms with E-state index in [2.05, 4.69) is 47.1 Å². The van der Waals surface area contributed by atoms with Gasteiger partial charge in [0, 0.05) is 18.7 Å². The van der Waals surface area contributed by atoms with E-state index >= 15 is 0 Å². The van der Waals surface area contributed by atoms with Gasteiger partial charge in [-0.3, -0.25) is 4.99 Å². The Balaban J connectivity index is 1.89. The van der Waals surface area contributed by atoms with E-state index in [0.717, 1.165) is 19.6 Å². The monoisotopic (exact) mass is 230 g/mol. The van der Waals surface area contributed by atoms with Gasteiger partial charge in [0.2, 0.25) is 0 Å². The fourth-order valence-electron chi connectivity index (χ4n) is 2.29. The minimum atomic E-state index is 0.956. The average molecular weight is 230 g/mol. The molecule has 0 saturated carbocycles. The number of hydrogen-bond acceptors (Lipinski definition) is 2. The highest BCUT2D eigenvalue weighted by Crippen LogP contribution is 2.12. The zero-order valence-corrected chi connectivity index (χ0v) is 10.7. The van der Waals surface area contributed by atoms with Crippen molar-refractivity contribution in [2.24, 2.45) is 4.99 Å². The molecular formula is C15H22N2. The second-order valence-electron chi connectivity index (χ2n) is 4.62. The van der Waals surface area contributed by atoms with Crippen LogP contribution in [-0.4, -0.2) is 30.4 Å². The fourth-order valence-corrected chi connectivity index (χ4v) is 2.29. The Hall–Kier alpha value is -1.31. The molecule has 0 bridgehead atoms. The maximum Gasteiger partial charge on any atom is 0.131 e. The van der Waals surface area contributed by atoms with Crippen LogP contribution in [0.5, 0.6) is 0 Å². The summed E-state index contributed by atoms with van der Waals surface area (Å²) in [6, 6.07) is 10.5. The lowest BCUT2D eigenvalue weighted by Gasteiger charge is -2.20. The van der Waals surface area contributed by atoms with Crippen molar-refractivity contribution in [3.8, 4) is 0 Å². The zero-order chi connectivity index (χ0) is 11.9. The van der Waals surface area contributed by atoms with Crippen molar-refractivity contribution >= 4 is 5.84 Å². The molecule has 1 aliphatic rings. The van der Waals surface area contributed by atoms with Crippen molar-refractivity contribution in [1.29, 1.82) is 0 Å². The predicted molar refractivity (Wildman–Crippen MR) is 73.6 cm³/mol. The Bertz CT molecular complexity index is 356. The second kappa shape index (κ2) is 6.43. The van der Waals surface area contributed by atoms with E-state index in [0.29, 0.717) is 0 Å². The van der Waals surface area contributed by atoms with Crippen LogP contribution in [0.2, 0.25) is 0 Å². The van der Waals surface area contributed by atoms with Gasteiger partial charge in [0.05, 0.1) is 6.54 Å². The summed E-state index contributed by atoms with van der Waals surface area (Å²) in [6.07, 6.45) is 5.29. The molecule has 0 fully saturated rings. The minimum Gasteiger partial charge on any atom is -0.355 e. The molecule has 1 aromatic rings. The smallest absolute Gasteiger partial charge is 0.131 e. The highest BCUT2D eigenvalue weighted by atomic mass is 15.2. The molecule has 0 radical (unpaired) electrons. The molecule has 17 heavy (non-hydrogen) atoms. The maximum atomic E-state index is 4.63. The molecule has 1 aliphatic heterocycles. The van der Waals surface area contributed by atoms with Crippen molar-refractivity contribution in [3.05, 3.63) is 35.9 Å². The van der Waals surface area contributed by atoms with E-state index in [1.165, 1.54) is 37.1 Å². The van der Waals surface area contributed by atoms with Gasteiger partial charge in [-0.1, -0.05) is 56.5 Å². The quantitative estimate of drug-likeness (QED) is 0.684. The first-order valence-electron chi connectivity index (χ1n) is 6.76. The molecule has 0 amide bonds. The van der Waals surface area contributed by atoms with E-state index in [4.69, 9.17) is 0 Å². The number of nitrogens with zero attached hydrogens (tertiary/aromatic N) is 2. The van der Waals surface area contributed by atoms with Gasteiger partial charge in [-0.25, -0.2) is 0 Å². The van der Waals surface area contributed by atoms with Crippen LogP contribution in [0.3, 0.4) is 0 Å². The molecule has 0 aliphatic carbocycles. The average Bonchev–Trinajstić information content (AvgIpc) is 2.84. The summed E-state index contributed by atoms with van der Waals surface area (Å²) < 4.78 is 0. The molecule has 0 unspecified atom stereocenters. The first-order valence-corrected chi connectivity index (χ1v) is 6.76. The van der Waals surface area contributed by atoms with Crippen molar-refractivity contribution in [2.75, 3.05) is 19.6 Å². The van der Waals surface area contributed by atoms with Gasteiger partial charge in [0.15, 0.2) is 0 Å². The summed E-state index contributed by atoms with van der Waals surface area (Å²) in [7, 11) is 0. The van der Waals surface area contributed by atoms with Crippen LogP contribution in [0.4, 0.5) is 0 Å². The summed E-state index contributed by atoms with van der Waals surface area (Å²) in [5, 5.41) is 0. The SMILES string of the molecule is CCCCCCN1CCN=C1c1ccccc1. The summed E-state index contributed by atoms with van der Waals surface area (Å²) in [4.78, 5) is 7.06. The molecule has 0 aromatic heterocycles. The van der Waals surface area contributed by atoms with Crippen LogP contribution < -0.4 is 0 Å². The van der Waals surface area contributed by atoms with E-state index in [1.54, 1.807) is 0 Å². The number of amidine groups is 1. The standard InChI is InChI=1S/C15H22N2/c1-2-3-4-8-12-17-13-11-16-15(17)14-9-6-5-7-10-14/h5-7,9-10H,2-4,8,11-13H2,1H3. The van der Waals surface area contributed by atoms with Crippen LogP contribution in [0.1, 0.15) is 38.2 Å². The van der Waals surface area contributed by atoms with Crippen molar-refractivity contribution < 1.29 is 0 Å². The van der Waals surface area contributed by atoms with Crippen LogP contribution in [0, 0.1) is 0 Å². The summed E-state index contributed by atoms with van der Waals surface area (Å²) in [5.74, 6) is 1.20. The van der Waals surface area contributed by atoms with Crippen molar-refractivity contribution in [3.63, 3.8) is 0 Å². The fraction of sp³-hybridized carbons (Fsp3) is 0.533. The number of aliphatic imine (C=N–C) groups is 1. The Kier molecular flexibility index (Phi) is 4.60. The Morgan fingerprint density at radius 1 is 1.12 bits per heavy atom. The lowest BCUT2D eigenvalue weighted by molar-refractivity contribution is 0.434. The molecular weight excluding hydrogens is 208 g/mol. The number of unbranched alkanes of at least 4 members (excludes halogenated alkanes) is 3. The summed E-state index contributed by atoms with van der Waals surface area (Å²) in [5.41, 5.74) is 1.26. The normalized spacial score (nSPS) is 15.1.